The van der Waals surface area contributed by atoms with E-state index >= 15 is 0 Å². The number of likely N-dealkylation sites (N-methyl/N-ethyl adjacent to an activating group) is 1. The number of carbonyl (C=O) groups excluding carboxylic acids is 1. The summed E-state index contributed by atoms with van der Waals surface area (Å²) in [5, 5.41) is 3.46. The van der Waals surface area contributed by atoms with Gasteiger partial charge in [0.25, 0.3) is 0 Å². The van der Waals surface area contributed by atoms with Crippen molar-refractivity contribution in [2.75, 3.05) is 26.2 Å². The fourth-order valence-corrected chi connectivity index (χ4v) is 3.06. The fraction of sp³-hybridized carbons (Fsp3) is 0.588. The molecule has 1 saturated heterocycles. The average Bonchev–Trinajstić information content (AvgIpc) is 2.50. The second-order valence-corrected chi connectivity index (χ2v) is 5.48. The van der Waals surface area contributed by atoms with Crippen LogP contribution in [0.2, 0.25) is 0 Å². The third-order valence-corrected chi connectivity index (χ3v) is 4.25. The molecule has 0 bridgehead atoms. The van der Waals surface area contributed by atoms with Gasteiger partial charge in [-0.2, -0.15) is 0 Å². The Morgan fingerprint density at radius 2 is 2.00 bits per heavy atom. The summed E-state index contributed by atoms with van der Waals surface area (Å²) in [4.78, 5) is 14.2. The molecule has 21 heavy (non-hydrogen) atoms. The molecule has 0 radical (unpaired) electrons. The van der Waals surface area contributed by atoms with Gasteiger partial charge in [-0.25, -0.2) is 0 Å². The van der Waals surface area contributed by atoms with Gasteiger partial charge in [0.05, 0.1) is 6.42 Å². The third kappa shape index (κ3) is 4.72. The Kier molecular flexibility index (Phi) is 7.76. The minimum absolute atomic E-state index is 0. The molecule has 2 rings (SSSR count). The molecule has 1 amide bonds. The monoisotopic (exact) mass is 310 g/mol. The number of hydrogen-bond acceptors (Lipinski definition) is 2. The highest BCUT2D eigenvalue weighted by atomic mass is 35.5. The van der Waals surface area contributed by atoms with Crippen molar-refractivity contribution in [2.24, 2.45) is 0 Å². The maximum absolute atomic E-state index is 12.3. The highest BCUT2D eigenvalue weighted by Gasteiger charge is 2.20. The van der Waals surface area contributed by atoms with Crippen LogP contribution in [-0.4, -0.2) is 37.0 Å². The van der Waals surface area contributed by atoms with Crippen LogP contribution in [0.15, 0.2) is 24.3 Å². The summed E-state index contributed by atoms with van der Waals surface area (Å²) in [6, 6.07) is 8.45. The zero-order valence-corrected chi connectivity index (χ0v) is 13.9. The molecule has 0 aromatic heterocycles. The van der Waals surface area contributed by atoms with Crippen molar-refractivity contribution in [1.82, 2.24) is 10.2 Å². The molecule has 1 atom stereocenters. The molecule has 0 saturated carbocycles. The van der Waals surface area contributed by atoms with E-state index in [2.05, 4.69) is 23.5 Å². The van der Waals surface area contributed by atoms with E-state index in [0.717, 1.165) is 26.2 Å². The summed E-state index contributed by atoms with van der Waals surface area (Å²) in [5.41, 5.74) is 2.57. The summed E-state index contributed by atoms with van der Waals surface area (Å²) < 4.78 is 0. The number of rotatable bonds is 5. The Bertz CT molecular complexity index is 440. The standard InChI is InChI=1S/C17H26N2O.ClH/c1-3-19(4-2)17(20)12-14-8-5-6-10-16(14)15-9-7-11-18-13-15;/h5-6,8,10,15,18H,3-4,7,9,11-13H2,1-2H3;1H. The first kappa shape index (κ1) is 18.0. The molecule has 118 valence electrons. The Hall–Kier alpha value is -1.06. The molecule has 1 aromatic carbocycles. The van der Waals surface area contributed by atoms with Gasteiger partial charge in [0, 0.05) is 19.6 Å². The molecule has 1 N–H and O–H groups in total. The van der Waals surface area contributed by atoms with E-state index in [4.69, 9.17) is 0 Å². The minimum Gasteiger partial charge on any atom is -0.343 e. The predicted octanol–water partition coefficient (Wildman–Crippen LogP) is 2.99. The largest absolute Gasteiger partial charge is 0.343 e. The quantitative estimate of drug-likeness (QED) is 0.907. The summed E-state index contributed by atoms with van der Waals surface area (Å²) in [7, 11) is 0. The fourth-order valence-electron chi connectivity index (χ4n) is 3.06. The molecule has 1 unspecified atom stereocenters. The number of benzene rings is 1. The summed E-state index contributed by atoms with van der Waals surface area (Å²) >= 11 is 0. The topological polar surface area (TPSA) is 32.3 Å². The van der Waals surface area contributed by atoms with Crippen LogP contribution in [-0.2, 0) is 11.2 Å². The summed E-state index contributed by atoms with van der Waals surface area (Å²) in [6.07, 6.45) is 2.99. The lowest BCUT2D eigenvalue weighted by molar-refractivity contribution is -0.130. The number of piperidine rings is 1. The van der Waals surface area contributed by atoms with Crippen LogP contribution in [0.3, 0.4) is 0 Å². The van der Waals surface area contributed by atoms with Gasteiger partial charge in [0.1, 0.15) is 0 Å². The van der Waals surface area contributed by atoms with Crippen molar-refractivity contribution in [1.29, 1.82) is 0 Å². The van der Waals surface area contributed by atoms with Gasteiger partial charge < -0.3 is 10.2 Å². The number of carbonyl (C=O) groups is 1. The van der Waals surface area contributed by atoms with Crippen molar-refractivity contribution in [2.45, 2.75) is 39.0 Å². The van der Waals surface area contributed by atoms with E-state index in [1.165, 1.54) is 24.0 Å². The van der Waals surface area contributed by atoms with Gasteiger partial charge in [-0.15, -0.1) is 12.4 Å². The van der Waals surface area contributed by atoms with Crippen molar-refractivity contribution >= 4 is 18.3 Å². The van der Waals surface area contributed by atoms with Gasteiger partial charge in [-0.3, -0.25) is 4.79 Å². The van der Waals surface area contributed by atoms with Gasteiger partial charge in [0.15, 0.2) is 0 Å². The lowest BCUT2D eigenvalue weighted by atomic mass is 9.87. The molecule has 1 fully saturated rings. The Balaban J connectivity index is 0.00000220. The number of halogens is 1. The van der Waals surface area contributed by atoms with Gasteiger partial charge in [-0.1, -0.05) is 24.3 Å². The third-order valence-electron chi connectivity index (χ3n) is 4.25. The minimum atomic E-state index is 0. The number of nitrogens with zero attached hydrogens (tertiary/aromatic N) is 1. The molecule has 0 aliphatic carbocycles. The molecule has 4 heteroatoms. The average molecular weight is 311 g/mol. The van der Waals surface area contributed by atoms with Crippen LogP contribution in [0.5, 0.6) is 0 Å². The molecule has 1 aliphatic heterocycles. The molecular formula is C17H27ClN2O. The first-order chi connectivity index (χ1) is 9.76. The van der Waals surface area contributed by atoms with Gasteiger partial charge in [0.2, 0.25) is 5.91 Å². The number of amides is 1. The van der Waals surface area contributed by atoms with Crippen molar-refractivity contribution < 1.29 is 4.79 Å². The molecular weight excluding hydrogens is 284 g/mol. The smallest absolute Gasteiger partial charge is 0.226 e. The first-order valence-electron chi connectivity index (χ1n) is 7.82. The lowest BCUT2D eigenvalue weighted by Gasteiger charge is -2.26. The van der Waals surface area contributed by atoms with Crippen LogP contribution in [0.25, 0.3) is 0 Å². The Labute approximate surface area is 134 Å². The van der Waals surface area contributed by atoms with Crippen LogP contribution in [0.1, 0.15) is 43.7 Å². The zero-order valence-electron chi connectivity index (χ0n) is 13.1. The highest BCUT2D eigenvalue weighted by molar-refractivity contribution is 5.85. The predicted molar refractivity (Wildman–Crippen MR) is 90.2 cm³/mol. The van der Waals surface area contributed by atoms with Crippen LogP contribution in [0.4, 0.5) is 0 Å². The molecule has 1 heterocycles. The Morgan fingerprint density at radius 1 is 1.29 bits per heavy atom. The number of hydrogen-bond donors (Lipinski definition) is 1. The van der Waals surface area contributed by atoms with Gasteiger partial charge >= 0.3 is 0 Å². The van der Waals surface area contributed by atoms with E-state index in [1.54, 1.807) is 0 Å². The zero-order chi connectivity index (χ0) is 14.4. The van der Waals surface area contributed by atoms with E-state index < -0.39 is 0 Å². The van der Waals surface area contributed by atoms with E-state index in [1.807, 2.05) is 24.8 Å². The van der Waals surface area contributed by atoms with E-state index in [9.17, 15) is 4.79 Å². The molecule has 1 aromatic rings. The van der Waals surface area contributed by atoms with E-state index in [0.29, 0.717) is 12.3 Å². The SMILES string of the molecule is CCN(CC)C(=O)Cc1ccccc1C1CCCNC1.Cl. The number of nitrogens with one attached hydrogen (secondary N) is 1. The van der Waals surface area contributed by atoms with Crippen LogP contribution < -0.4 is 5.32 Å². The molecule has 1 aliphatic rings. The summed E-state index contributed by atoms with van der Waals surface area (Å²) in [6.45, 7) is 7.83. The van der Waals surface area contributed by atoms with Crippen LogP contribution in [0, 0.1) is 0 Å². The maximum atomic E-state index is 12.3. The van der Waals surface area contributed by atoms with Crippen molar-refractivity contribution in [3.63, 3.8) is 0 Å². The molecule has 3 nitrogen and oxygen atoms in total. The van der Waals surface area contributed by atoms with Crippen molar-refractivity contribution in [3.8, 4) is 0 Å². The normalized spacial score (nSPS) is 17.9. The maximum Gasteiger partial charge on any atom is 0.226 e. The first-order valence-corrected chi connectivity index (χ1v) is 7.82. The highest BCUT2D eigenvalue weighted by Crippen LogP contribution is 2.26. The van der Waals surface area contributed by atoms with E-state index in [-0.39, 0.29) is 18.3 Å². The van der Waals surface area contributed by atoms with Crippen LogP contribution >= 0.6 is 12.4 Å². The molecule has 0 spiro atoms. The lowest BCUT2D eigenvalue weighted by Crippen LogP contribution is -2.33. The van der Waals surface area contributed by atoms with Gasteiger partial charge in [-0.05, 0) is 50.3 Å². The van der Waals surface area contributed by atoms with Crippen molar-refractivity contribution in [3.05, 3.63) is 35.4 Å². The summed E-state index contributed by atoms with van der Waals surface area (Å²) in [5.74, 6) is 0.802. The second kappa shape index (κ2) is 9.06. The second-order valence-electron chi connectivity index (χ2n) is 5.48. The Morgan fingerprint density at radius 3 is 2.62 bits per heavy atom.